The molecule has 0 aliphatic carbocycles. The molecule has 4 aromatic rings. The van der Waals surface area contributed by atoms with Gasteiger partial charge in [-0.05, 0) is 66.9 Å². The lowest BCUT2D eigenvalue weighted by Gasteiger charge is -2.12. The Kier molecular flexibility index (Phi) is 6.72. The maximum atomic E-state index is 5.99. The van der Waals surface area contributed by atoms with E-state index in [0.717, 1.165) is 53.5 Å². The molecule has 4 rings (SSSR count). The first-order valence-electron chi connectivity index (χ1n) is 10.7. The minimum atomic E-state index is 0.403. The van der Waals surface area contributed by atoms with E-state index in [-0.39, 0.29) is 0 Å². The first-order chi connectivity index (χ1) is 15.3. The van der Waals surface area contributed by atoms with Crippen LogP contribution in [0.4, 0.5) is 0 Å². The maximum absolute atomic E-state index is 5.99. The van der Waals surface area contributed by atoms with E-state index in [1.807, 2.05) is 54.6 Å². The Balaban J connectivity index is 1.40. The second-order valence-electron chi connectivity index (χ2n) is 7.33. The zero-order valence-corrected chi connectivity index (χ0v) is 18.1. The predicted octanol–water partition coefficient (Wildman–Crippen LogP) is 5.66. The first kappa shape index (κ1) is 20.8. The van der Waals surface area contributed by atoms with Crippen molar-refractivity contribution >= 4 is 11.0 Å². The van der Waals surface area contributed by atoms with Gasteiger partial charge in [0.05, 0.1) is 24.8 Å². The number of hydrogen-bond donors (Lipinski definition) is 0. The van der Waals surface area contributed by atoms with Gasteiger partial charge in [-0.25, -0.2) is 4.98 Å². The van der Waals surface area contributed by atoms with E-state index in [2.05, 4.69) is 29.7 Å². The Morgan fingerprint density at radius 2 is 1.48 bits per heavy atom. The molecule has 0 radical (unpaired) electrons. The lowest BCUT2D eigenvalue weighted by atomic mass is 10.2. The molecule has 0 atom stereocenters. The normalized spacial score (nSPS) is 10.9. The first-order valence-corrected chi connectivity index (χ1v) is 10.7. The summed E-state index contributed by atoms with van der Waals surface area (Å²) >= 11 is 0. The summed E-state index contributed by atoms with van der Waals surface area (Å²) in [7, 11) is 1.65. The molecule has 0 N–H and O–H groups in total. The van der Waals surface area contributed by atoms with Gasteiger partial charge in [-0.15, -0.1) is 0 Å². The Morgan fingerprint density at radius 1 is 0.806 bits per heavy atom. The number of methoxy groups -OCH3 is 1. The molecule has 0 unspecified atom stereocenters. The number of nitrogens with zero attached hydrogens (tertiary/aromatic N) is 2. The van der Waals surface area contributed by atoms with Crippen LogP contribution < -0.4 is 14.2 Å². The van der Waals surface area contributed by atoms with Gasteiger partial charge < -0.3 is 18.8 Å². The largest absolute Gasteiger partial charge is 0.497 e. The highest BCUT2D eigenvalue weighted by Gasteiger charge is 2.11. The monoisotopic (exact) mass is 416 g/mol. The molecule has 0 aliphatic rings. The SMILES string of the molecule is CCc1ccc(OCCCn2c(COc3ccc(OC)cc3)nc3ccccc32)cc1. The Bertz CT molecular complexity index is 1100. The summed E-state index contributed by atoms with van der Waals surface area (Å²) in [6, 6.07) is 24.1. The summed E-state index contributed by atoms with van der Waals surface area (Å²) in [6.07, 6.45) is 1.92. The molecule has 0 amide bonds. The van der Waals surface area contributed by atoms with Crippen LogP contribution in [0.3, 0.4) is 0 Å². The molecule has 3 aromatic carbocycles. The maximum Gasteiger partial charge on any atom is 0.147 e. The van der Waals surface area contributed by atoms with Gasteiger partial charge in [0.15, 0.2) is 0 Å². The standard InChI is InChI=1S/C26H28N2O3/c1-3-20-9-11-22(12-10-20)30-18-6-17-28-25-8-5-4-7-24(25)27-26(28)19-31-23-15-13-21(29-2)14-16-23/h4-5,7-16H,3,6,17-19H2,1-2H3. The van der Waals surface area contributed by atoms with E-state index >= 15 is 0 Å². The Labute approximate surface area is 183 Å². The molecule has 0 saturated carbocycles. The molecular weight excluding hydrogens is 388 g/mol. The average molecular weight is 417 g/mol. The summed E-state index contributed by atoms with van der Waals surface area (Å²) < 4.78 is 19.3. The zero-order valence-electron chi connectivity index (χ0n) is 18.1. The number of ether oxygens (including phenoxy) is 3. The van der Waals surface area contributed by atoms with Crippen LogP contribution >= 0.6 is 0 Å². The van der Waals surface area contributed by atoms with Crippen molar-refractivity contribution in [3.05, 3.63) is 84.2 Å². The second kappa shape index (κ2) is 10.0. The van der Waals surface area contributed by atoms with E-state index < -0.39 is 0 Å². The number of aromatic nitrogens is 2. The highest BCUT2D eigenvalue weighted by Crippen LogP contribution is 2.21. The highest BCUT2D eigenvalue weighted by atomic mass is 16.5. The molecule has 5 nitrogen and oxygen atoms in total. The van der Waals surface area contributed by atoms with E-state index in [4.69, 9.17) is 19.2 Å². The molecule has 0 saturated heterocycles. The molecule has 0 aliphatic heterocycles. The molecule has 1 heterocycles. The quantitative estimate of drug-likeness (QED) is 0.313. The smallest absolute Gasteiger partial charge is 0.147 e. The van der Waals surface area contributed by atoms with Crippen molar-refractivity contribution in [1.82, 2.24) is 9.55 Å². The van der Waals surface area contributed by atoms with Crippen molar-refractivity contribution in [2.45, 2.75) is 32.9 Å². The number of para-hydroxylation sites is 2. The van der Waals surface area contributed by atoms with Gasteiger partial charge in [0.25, 0.3) is 0 Å². The van der Waals surface area contributed by atoms with Crippen LogP contribution in [-0.2, 0) is 19.6 Å². The van der Waals surface area contributed by atoms with Gasteiger partial charge in [0.2, 0.25) is 0 Å². The third-order valence-electron chi connectivity index (χ3n) is 5.29. The summed E-state index contributed by atoms with van der Waals surface area (Å²) in [6.45, 7) is 4.02. The van der Waals surface area contributed by atoms with Gasteiger partial charge >= 0.3 is 0 Å². The van der Waals surface area contributed by atoms with Gasteiger partial charge in [-0.2, -0.15) is 0 Å². The van der Waals surface area contributed by atoms with Gasteiger partial charge in [0, 0.05) is 6.54 Å². The summed E-state index contributed by atoms with van der Waals surface area (Å²) in [4.78, 5) is 4.79. The summed E-state index contributed by atoms with van der Waals surface area (Å²) in [5.74, 6) is 3.42. The fourth-order valence-electron chi connectivity index (χ4n) is 3.54. The van der Waals surface area contributed by atoms with Crippen LogP contribution in [-0.4, -0.2) is 23.3 Å². The lowest BCUT2D eigenvalue weighted by Crippen LogP contribution is -2.10. The van der Waals surface area contributed by atoms with Crippen LogP contribution in [0.5, 0.6) is 17.2 Å². The molecule has 1 aromatic heterocycles. The minimum absolute atomic E-state index is 0.403. The van der Waals surface area contributed by atoms with Crippen molar-refractivity contribution < 1.29 is 14.2 Å². The number of fused-ring (bicyclic) bond motifs is 1. The number of aryl methyl sites for hydroxylation is 2. The van der Waals surface area contributed by atoms with E-state index in [1.54, 1.807) is 7.11 Å². The van der Waals surface area contributed by atoms with Crippen molar-refractivity contribution in [2.24, 2.45) is 0 Å². The summed E-state index contributed by atoms with van der Waals surface area (Å²) in [5, 5.41) is 0. The molecule has 31 heavy (non-hydrogen) atoms. The van der Waals surface area contributed by atoms with Crippen LogP contribution in [0.1, 0.15) is 24.7 Å². The fourth-order valence-corrected chi connectivity index (χ4v) is 3.54. The Hall–Kier alpha value is -3.47. The van der Waals surface area contributed by atoms with Crippen molar-refractivity contribution in [3.63, 3.8) is 0 Å². The molecule has 0 fully saturated rings. The van der Waals surface area contributed by atoms with Crippen LogP contribution in [0.25, 0.3) is 11.0 Å². The van der Waals surface area contributed by atoms with E-state index in [0.29, 0.717) is 13.2 Å². The van der Waals surface area contributed by atoms with E-state index in [1.165, 1.54) is 5.56 Å². The second-order valence-corrected chi connectivity index (χ2v) is 7.33. The number of hydrogen-bond acceptors (Lipinski definition) is 4. The minimum Gasteiger partial charge on any atom is -0.497 e. The zero-order chi connectivity index (χ0) is 21.5. The average Bonchev–Trinajstić information content (AvgIpc) is 3.18. The summed E-state index contributed by atoms with van der Waals surface area (Å²) in [5.41, 5.74) is 3.41. The lowest BCUT2D eigenvalue weighted by molar-refractivity contribution is 0.280. The van der Waals surface area contributed by atoms with Crippen molar-refractivity contribution in [3.8, 4) is 17.2 Å². The van der Waals surface area contributed by atoms with Crippen LogP contribution in [0, 0.1) is 0 Å². The number of benzene rings is 3. The van der Waals surface area contributed by atoms with Crippen LogP contribution in [0.15, 0.2) is 72.8 Å². The third-order valence-corrected chi connectivity index (χ3v) is 5.29. The topological polar surface area (TPSA) is 45.5 Å². The molecule has 0 spiro atoms. The van der Waals surface area contributed by atoms with Crippen molar-refractivity contribution in [2.75, 3.05) is 13.7 Å². The molecule has 5 heteroatoms. The molecular formula is C26H28N2O3. The van der Waals surface area contributed by atoms with Gasteiger partial charge in [-0.3, -0.25) is 0 Å². The molecule has 0 bridgehead atoms. The number of rotatable bonds is 10. The highest BCUT2D eigenvalue weighted by molar-refractivity contribution is 5.75. The molecule has 160 valence electrons. The van der Waals surface area contributed by atoms with Crippen molar-refractivity contribution in [1.29, 1.82) is 0 Å². The fraction of sp³-hybridized carbons (Fsp3) is 0.269. The van der Waals surface area contributed by atoms with Gasteiger partial charge in [-0.1, -0.05) is 31.2 Å². The number of imidazole rings is 1. The predicted molar refractivity (Wildman–Crippen MR) is 123 cm³/mol. The van der Waals surface area contributed by atoms with Gasteiger partial charge in [0.1, 0.15) is 29.7 Å². The van der Waals surface area contributed by atoms with E-state index in [9.17, 15) is 0 Å². The third kappa shape index (κ3) is 5.18. The Morgan fingerprint density at radius 3 is 2.23 bits per heavy atom. The van der Waals surface area contributed by atoms with Crippen LogP contribution in [0.2, 0.25) is 0 Å².